The Balaban J connectivity index is 1.95. The summed E-state index contributed by atoms with van der Waals surface area (Å²) in [6.07, 6.45) is 8.07. The molecule has 186 valence electrons. The minimum absolute atomic E-state index is 0.206. The van der Waals surface area contributed by atoms with Crippen molar-refractivity contribution in [1.82, 2.24) is 10.6 Å². The van der Waals surface area contributed by atoms with Gasteiger partial charge in [-0.05, 0) is 42.7 Å². The van der Waals surface area contributed by atoms with Crippen molar-refractivity contribution in [1.29, 1.82) is 0 Å². The molecule has 1 saturated carbocycles. The fraction of sp³-hybridized carbons (Fsp3) is 0.692. The number of carbonyl (C=O) groups is 2. The highest BCUT2D eigenvalue weighted by Crippen LogP contribution is 2.33. The van der Waals surface area contributed by atoms with E-state index in [4.69, 9.17) is 14.2 Å². The fourth-order valence-corrected chi connectivity index (χ4v) is 4.09. The van der Waals surface area contributed by atoms with E-state index >= 15 is 0 Å². The Hall–Kier alpha value is -1.96. The zero-order chi connectivity index (χ0) is 23.8. The quantitative estimate of drug-likeness (QED) is 0.266. The standard InChI is InChI=1S/C26H42N2O5/c1-3-15-31-19-26(20-32-16-4-2,21-33-17-7-14-29)28-25(30)27-18-22-10-12-24(13-11-22)23-8-5-6-9-23/h10-14,23H,3-9,15-21H2,1-2H3,(H2,27,28,30). The van der Waals surface area contributed by atoms with Crippen molar-refractivity contribution in [3.8, 4) is 0 Å². The molecular weight excluding hydrogens is 420 g/mol. The molecule has 0 bridgehead atoms. The Kier molecular flexibility index (Phi) is 13.1. The summed E-state index contributed by atoms with van der Waals surface area (Å²) >= 11 is 0. The predicted molar refractivity (Wildman–Crippen MR) is 129 cm³/mol. The van der Waals surface area contributed by atoms with Crippen LogP contribution in [0, 0.1) is 0 Å². The van der Waals surface area contributed by atoms with Gasteiger partial charge >= 0.3 is 6.03 Å². The minimum atomic E-state index is -0.830. The Labute approximate surface area is 198 Å². The molecule has 0 saturated heterocycles. The molecule has 0 spiro atoms. The van der Waals surface area contributed by atoms with Gasteiger partial charge in [-0.2, -0.15) is 0 Å². The van der Waals surface area contributed by atoms with Crippen LogP contribution in [0.5, 0.6) is 0 Å². The van der Waals surface area contributed by atoms with Crippen molar-refractivity contribution in [2.45, 2.75) is 76.8 Å². The molecule has 0 unspecified atom stereocenters. The van der Waals surface area contributed by atoms with E-state index in [1.165, 1.54) is 31.2 Å². The molecule has 2 rings (SSSR count). The normalized spacial score (nSPS) is 14.4. The molecule has 1 aliphatic carbocycles. The summed E-state index contributed by atoms with van der Waals surface area (Å²) in [6, 6.07) is 8.27. The van der Waals surface area contributed by atoms with Gasteiger partial charge < -0.3 is 29.6 Å². The van der Waals surface area contributed by atoms with E-state index in [1.807, 2.05) is 13.8 Å². The molecule has 33 heavy (non-hydrogen) atoms. The first-order valence-electron chi connectivity index (χ1n) is 12.4. The maximum absolute atomic E-state index is 12.8. The summed E-state index contributed by atoms with van der Waals surface area (Å²) in [4.78, 5) is 23.5. The second-order valence-corrected chi connectivity index (χ2v) is 8.92. The van der Waals surface area contributed by atoms with Gasteiger partial charge in [-0.25, -0.2) is 4.79 Å². The molecule has 1 aromatic rings. The molecule has 0 aromatic heterocycles. The van der Waals surface area contributed by atoms with Crippen LogP contribution in [0.4, 0.5) is 4.79 Å². The lowest BCUT2D eigenvalue weighted by Crippen LogP contribution is -2.60. The molecule has 2 N–H and O–H groups in total. The van der Waals surface area contributed by atoms with Gasteiger partial charge in [-0.1, -0.05) is 51.0 Å². The Morgan fingerprint density at radius 1 is 0.970 bits per heavy atom. The van der Waals surface area contributed by atoms with Crippen LogP contribution in [-0.4, -0.2) is 57.5 Å². The number of rotatable bonds is 17. The van der Waals surface area contributed by atoms with Crippen LogP contribution in [-0.2, 0) is 25.5 Å². The van der Waals surface area contributed by atoms with E-state index in [0.717, 1.165) is 24.7 Å². The fourth-order valence-electron chi connectivity index (χ4n) is 4.09. The van der Waals surface area contributed by atoms with E-state index < -0.39 is 5.54 Å². The molecule has 1 aliphatic rings. The van der Waals surface area contributed by atoms with E-state index in [1.54, 1.807) is 0 Å². The van der Waals surface area contributed by atoms with Crippen molar-refractivity contribution in [2.24, 2.45) is 0 Å². The maximum atomic E-state index is 12.8. The van der Waals surface area contributed by atoms with Gasteiger partial charge in [0.2, 0.25) is 0 Å². The number of nitrogens with one attached hydrogen (secondary N) is 2. The predicted octanol–water partition coefficient (Wildman–Crippen LogP) is 4.34. The second-order valence-electron chi connectivity index (χ2n) is 8.92. The van der Waals surface area contributed by atoms with Crippen LogP contribution >= 0.6 is 0 Å². The van der Waals surface area contributed by atoms with Crippen molar-refractivity contribution >= 4 is 12.3 Å². The van der Waals surface area contributed by atoms with Gasteiger partial charge in [0.1, 0.15) is 11.8 Å². The molecule has 7 nitrogen and oxygen atoms in total. The molecule has 0 heterocycles. The highest BCUT2D eigenvalue weighted by Gasteiger charge is 2.33. The number of aldehydes is 1. The smallest absolute Gasteiger partial charge is 0.315 e. The Bertz CT molecular complexity index is 664. The largest absolute Gasteiger partial charge is 0.379 e. The lowest BCUT2D eigenvalue weighted by atomic mass is 9.97. The SMILES string of the molecule is CCCOCC(COCCC)(COCCC=O)NC(=O)NCc1ccc(C2CCCC2)cc1. The number of hydrogen-bond acceptors (Lipinski definition) is 5. The summed E-state index contributed by atoms with van der Waals surface area (Å²) in [5, 5.41) is 5.99. The van der Waals surface area contributed by atoms with Crippen LogP contribution in [0.1, 0.15) is 75.8 Å². The van der Waals surface area contributed by atoms with Crippen LogP contribution in [0.25, 0.3) is 0 Å². The summed E-state index contributed by atoms with van der Waals surface area (Å²) in [7, 11) is 0. The first kappa shape index (κ1) is 27.3. The third kappa shape index (κ3) is 10.2. The number of carbonyl (C=O) groups excluding carboxylic acids is 2. The average molecular weight is 463 g/mol. The zero-order valence-electron chi connectivity index (χ0n) is 20.4. The third-order valence-electron chi connectivity index (χ3n) is 5.85. The minimum Gasteiger partial charge on any atom is -0.379 e. The summed E-state index contributed by atoms with van der Waals surface area (Å²) in [5.41, 5.74) is 1.63. The molecule has 0 aliphatic heterocycles. The summed E-state index contributed by atoms with van der Waals surface area (Å²) in [6.45, 7) is 6.72. The number of amides is 2. The lowest BCUT2D eigenvalue weighted by Gasteiger charge is -2.34. The number of benzene rings is 1. The van der Waals surface area contributed by atoms with E-state index in [0.29, 0.717) is 38.7 Å². The highest BCUT2D eigenvalue weighted by atomic mass is 16.5. The monoisotopic (exact) mass is 462 g/mol. The van der Waals surface area contributed by atoms with E-state index in [-0.39, 0.29) is 25.9 Å². The van der Waals surface area contributed by atoms with Gasteiger partial charge in [-0.3, -0.25) is 0 Å². The van der Waals surface area contributed by atoms with Gasteiger partial charge in [0.05, 0.1) is 26.4 Å². The molecule has 1 aromatic carbocycles. The average Bonchev–Trinajstić information content (AvgIpc) is 3.36. The van der Waals surface area contributed by atoms with Gasteiger partial charge in [0.15, 0.2) is 0 Å². The molecule has 7 heteroatoms. The van der Waals surface area contributed by atoms with Crippen LogP contribution in [0.15, 0.2) is 24.3 Å². The molecule has 0 radical (unpaired) electrons. The number of hydrogen-bond donors (Lipinski definition) is 2. The summed E-state index contributed by atoms with van der Waals surface area (Å²) in [5.74, 6) is 0.682. The van der Waals surface area contributed by atoms with Gasteiger partial charge in [0, 0.05) is 26.2 Å². The molecule has 0 atom stereocenters. The van der Waals surface area contributed by atoms with Gasteiger partial charge in [-0.15, -0.1) is 0 Å². The summed E-state index contributed by atoms with van der Waals surface area (Å²) < 4.78 is 17.3. The van der Waals surface area contributed by atoms with Crippen LogP contribution in [0.3, 0.4) is 0 Å². The molecular formula is C26H42N2O5. The van der Waals surface area contributed by atoms with Crippen LogP contribution < -0.4 is 10.6 Å². The van der Waals surface area contributed by atoms with Crippen molar-refractivity contribution in [3.63, 3.8) is 0 Å². The maximum Gasteiger partial charge on any atom is 0.315 e. The zero-order valence-corrected chi connectivity index (χ0v) is 20.4. The Morgan fingerprint density at radius 2 is 1.55 bits per heavy atom. The second kappa shape index (κ2) is 15.8. The van der Waals surface area contributed by atoms with Crippen molar-refractivity contribution < 1.29 is 23.8 Å². The lowest BCUT2D eigenvalue weighted by molar-refractivity contribution is -0.109. The first-order valence-corrected chi connectivity index (χ1v) is 12.4. The highest BCUT2D eigenvalue weighted by molar-refractivity contribution is 5.74. The first-order chi connectivity index (χ1) is 16.1. The van der Waals surface area contributed by atoms with Gasteiger partial charge in [0.25, 0.3) is 0 Å². The third-order valence-corrected chi connectivity index (χ3v) is 5.85. The van der Waals surface area contributed by atoms with E-state index in [9.17, 15) is 9.59 Å². The van der Waals surface area contributed by atoms with Crippen LogP contribution in [0.2, 0.25) is 0 Å². The van der Waals surface area contributed by atoms with E-state index in [2.05, 4.69) is 34.9 Å². The molecule has 2 amide bonds. The van der Waals surface area contributed by atoms with Crippen molar-refractivity contribution in [2.75, 3.05) is 39.6 Å². The Morgan fingerprint density at radius 3 is 2.09 bits per heavy atom. The number of urea groups is 1. The molecule has 1 fully saturated rings. The topological polar surface area (TPSA) is 85.9 Å². The van der Waals surface area contributed by atoms with Crippen molar-refractivity contribution in [3.05, 3.63) is 35.4 Å². The number of ether oxygens (including phenoxy) is 3.